The molecule has 1 atom stereocenters. The van der Waals surface area contributed by atoms with Crippen molar-refractivity contribution < 1.29 is 19.0 Å². The highest BCUT2D eigenvalue weighted by molar-refractivity contribution is 5.75. The fourth-order valence-electron chi connectivity index (χ4n) is 1.58. The molecule has 0 aliphatic carbocycles. The molecule has 3 nitrogen and oxygen atoms in total. The number of hydrogen-bond donors (Lipinski definition) is 1. The largest absolute Gasteiger partial charge is 0.497 e. The lowest BCUT2D eigenvalue weighted by molar-refractivity contribution is -0.143. The first-order valence-electron chi connectivity index (χ1n) is 4.49. The van der Waals surface area contributed by atoms with Gasteiger partial charge in [-0.25, -0.2) is 9.18 Å². The normalized spacial score (nSPS) is 12.3. The number of ether oxygens (including phenoxy) is 1. The summed E-state index contributed by atoms with van der Waals surface area (Å²) in [5, 5.41) is 8.60. The maximum Gasteiger partial charge on any atom is 0.343 e. The van der Waals surface area contributed by atoms with Gasteiger partial charge in [0.05, 0.1) is 7.11 Å². The number of benzene rings is 1. The monoisotopic (exact) mass is 212 g/mol. The predicted molar refractivity (Wildman–Crippen MR) is 54.0 cm³/mol. The van der Waals surface area contributed by atoms with Crippen LogP contribution in [-0.4, -0.2) is 18.2 Å². The molecule has 15 heavy (non-hydrogen) atoms. The minimum atomic E-state index is -1.98. The molecule has 1 N–H and O–H groups in total. The summed E-state index contributed by atoms with van der Waals surface area (Å²) in [7, 11) is 1.51. The third kappa shape index (κ3) is 2.26. The van der Waals surface area contributed by atoms with Gasteiger partial charge in [0.2, 0.25) is 6.17 Å². The molecule has 1 aromatic rings. The molecule has 0 saturated heterocycles. The van der Waals surface area contributed by atoms with Crippen molar-refractivity contribution >= 4 is 5.97 Å². The first-order chi connectivity index (χ1) is 6.97. The van der Waals surface area contributed by atoms with E-state index in [9.17, 15) is 9.18 Å². The second-order valence-corrected chi connectivity index (χ2v) is 3.38. The van der Waals surface area contributed by atoms with E-state index in [-0.39, 0.29) is 5.56 Å². The van der Waals surface area contributed by atoms with Crippen LogP contribution in [0.5, 0.6) is 5.75 Å². The van der Waals surface area contributed by atoms with Gasteiger partial charge in [-0.3, -0.25) is 0 Å². The zero-order chi connectivity index (χ0) is 11.6. The van der Waals surface area contributed by atoms with Crippen LogP contribution in [0.2, 0.25) is 0 Å². The number of halogens is 1. The molecule has 0 heterocycles. The molecule has 1 unspecified atom stereocenters. The van der Waals surface area contributed by atoms with E-state index < -0.39 is 12.1 Å². The first kappa shape index (κ1) is 11.5. The summed E-state index contributed by atoms with van der Waals surface area (Å²) in [5.41, 5.74) is 1.38. The van der Waals surface area contributed by atoms with Gasteiger partial charge in [0.15, 0.2) is 0 Å². The van der Waals surface area contributed by atoms with E-state index in [1.165, 1.54) is 7.11 Å². The lowest BCUT2D eigenvalue weighted by atomic mass is 9.98. The molecule has 0 saturated carbocycles. The molecule has 0 spiro atoms. The van der Waals surface area contributed by atoms with Gasteiger partial charge in [0, 0.05) is 5.56 Å². The van der Waals surface area contributed by atoms with Crippen LogP contribution >= 0.6 is 0 Å². The van der Waals surface area contributed by atoms with Crippen molar-refractivity contribution in [3.63, 3.8) is 0 Å². The lowest BCUT2D eigenvalue weighted by Gasteiger charge is -2.13. The Morgan fingerprint density at radius 1 is 1.40 bits per heavy atom. The molecular formula is C11H13FO3. The van der Waals surface area contributed by atoms with Crippen molar-refractivity contribution in [2.75, 3.05) is 7.11 Å². The Bertz CT molecular complexity index is 364. The Morgan fingerprint density at radius 3 is 2.20 bits per heavy atom. The molecule has 4 heteroatoms. The van der Waals surface area contributed by atoms with E-state index in [1.807, 2.05) is 0 Å². The zero-order valence-corrected chi connectivity index (χ0v) is 8.87. The molecule has 0 amide bonds. The van der Waals surface area contributed by atoms with Crippen LogP contribution in [0.1, 0.15) is 22.9 Å². The van der Waals surface area contributed by atoms with Gasteiger partial charge in [-0.1, -0.05) is 0 Å². The van der Waals surface area contributed by atoms with Crippen LogP contribution in [0.4, 0.5) is 4.39 Å². The summed E-state index contributed by atoms with van der Waals surface area (Å²) in [6, 6.07) is 3.25. The van der Waals surface area contributed by atoms with Gasteiger partial charge < -0.3 is 9.84 Å². The second kappa shape index (κ2) is 4.29. The van der Waals surface area contributed by atoms with Gasteiger partial charge in [0.25, 0.3) is 0 Å². The number of alkyl halides is 1. The zero-order valence-electron chi connectivity index (χ0n) is 8.87. The summed E-state index contributed by atoms with van der Waals surface area (Å²) < 4.78 is 18.4. The molecule has 0 fully saturated rings. The first-order valence-corrected chi connectivity index (χ1v) is 4.49. The Labute approximate surface area is 87.5 Å². The van der Waals surface area contributed by atoms with Crippen LogP contribution in [0, 0.1) is 13.8 Å². The SMILES string of the molecule is COc1cc(C)c(C(F)C(=O)O)c(C)c1. The van der Waals surface area contributed by atoms with E-state index >= 15 is 0 Å². The molecule has 0 radical (unpaired) electrons. The smallest absolute Gasteiger partial charge is 0.343 e. The van der Waals surface area contributed by atoms with Crippen LogP contribution in [0.15, 0.2) is 12.1 Å². The highest BCUT2D eigenvalue weighted by atomic mass is 19.1. The lowest BCUT2D eigenvalue weighted by Crippen LogP contribution is -2.09. The maximum atomic E-state index is 13.4. The minimum absolute atomic E-state index is 0.211. The van der Waals surface area contributed by atoms with Crippen molar-refractivity contribution in [2.24, 2.45) is 0 Å². The standard InChI is InChI=1S/C11H13FO3/c1-6-4-8(15-3)5-7(2)9(6)10(12)11(13)14/h4-5,10H,1-3H3,(H,13,14). The second-order valence-electron chi connectivity index (χ2n) is 3.38. The Kier molecular flexibility index (Phi) is 3.29. The third-order valence-electron chi connectivity index (χ3n) is 2.27. The molecule has 0 aliphatic heterocycles. The quantitative estimate of drug-likeness (QED) is 0.836. The van der Waals surface area contributed by atoms with Crippen LogP contribution < -0.4 is 4.74 Å². The highest BCUT2D eigenvalue weighted by Crippen LogP contribution is 2.29. The highest BCUT2D eigenvalue weighted by Gasteiger charge is 2.22. The predicted octanol–water partition coefficient (Wildman–Crippen LogP) is 2.41. The fraction of sp³-hybridized carbons (Fsp3) is 0.364. The number of carboxylic acid groups (broad SMARTS) is 1. The number of methoxy groups -OCH3 is 1. The summed E-state index contributed by atoms with van der Waals surface area (Å²) in [5.74, 6) is -0.863. The fourth-order valence-corrected chi connectivity index (χ4v) is 1.58. The molecule has 1 aromatic carbocycles. The van der Waals surface area contributed by atoms with E-state index in [2.05, 4.69) is 0 Å². The van der Waals surface area contributed by atoms with E-state index in [0.717, 1.165) is 0 Å². The van der Waals surface area contributed by atoms with Gasteiger partial charge in [-0.05, 0) is 37.1 Å². The Hall–Kier alpha value is -1.58. The van der Waals surface area contributed by atoms with Crippen LogP contribution in [-0.2, 0) is 4.79 Å². The van der Waals surface area contributed by atoms with Gasteiger partial charge >= 0.3 is 5.97 Å². The van der Waals surface area contributed by atoms with E-state index in [1.54, 1.807) is 26.0 Å². The molecule has 1 rings (SSSR count). The number of aryl methyl sites for hydroxylation is 2. The number of aliphatic carboxylic acids is 1. The molecular weight excluding hydrogens is 199 g/mol. The topological polar surface area (TPSA) is 46.5 Å². The van der Waals surface area contributed by atoms with Crippen molar-refractivity contribution in [2.45, 2.75) is 20.0 Å². The van der Waals surface area contributed by atoms with Crippen molar-refractivity contribution in [3.8, 4) is 5.75 Å². The van der Waals surface area contributed by atoms with Crippen molar-refractivity contribution in [1.82, 2.24) is 0 Å². The van der Waals surface area contributed by atoms with Gasteiger partial charge in [-0.2, -0.15) is 0 Å². The average Bonchev–Trinajstić information content (AvgIpc) is 2.16. The van der Waals surface area contributed by atoms with Gasteiger partial charge in [0.1, 0.15) is 5.75 Å². The van der Waals surface area contributed by atoms with Crippen molar-refractivity contribution in [3.05, 3.63) is 28.8 Å². The Morgan fingerprint density at radius 2 is 1.87 bits per heavy atom. The molecule has 0 aromatic heterocycles. The van der Waals surface area contributed by atoms with Crippen LogP contribution in [0.25, 0.3) is 0 Å². The average molecular weight is 212 g/mol. The van der Waals surface area contributed by atoms with E-state index in [0.29, 0.717) is 16.9 Å². The number of carbonyl (C=O) groups is 1. The van der Waals surface area contributed by atoms with Gasteiger partial charge in [-0.15, -0.1) is 0 Å². The third-order valence-corrected chi connectivity index (χ3v) is 2.27. The summed E-state index contributed by atoms with van der Waals surface area (Å²) >= 11 is 0. The maximum absolute atomic E-state index is 13.4. The molecule has 0 bridgehead atoms. The summed E-state index contributed by atoms with van der Waals surface area (Å²) in [4.78, 5) is 10.6. The number of carboxylic acids is 1. The Balaban J connectivity index is 3.25. The minimum Gasteiger partial charge on any atom is -0.497 e. The molecule has 0 aliphatic rings. The number of hydrogen-bond acceptors (Lipinski definition) is 2. The molecule has 82 valence electrons. The van der Waals surface area contributed by atoms with Crippen LogP contribution in [0.3, 0.4) is 0 Å². The summed E-state index contributed by atoms with van der Waals surface area (Å²) in [6.45, 7) is 3.33. The van der Waals surface area contributed by atoms with E-state index in [4.69, 9.17) is 9.84 Å². The van der Waals surface area contributed by atoms with Crippen molar-refractivity contribution in [1.29, 1.82) is 0 Å². The summed E-state index contributed by atoms with van der Waals surface area (Å²) in [6.07, 6.45) is -1.98. The number of rotatable bonds is 3.